The second kappa shape index (κ2) is 8.43. The molecule has 8 nitrogen and oxygen atoms in total. The lowest BCUT2D eigenvalue weighted by Crippen LogP contribution is -2.43. The Labute approximate surface area is 179 Å². The third-order valence-corrected chi connectivity index (χ3v) is 6.15. The Morgan fingerprint density at radius 3 is 2.77 bits per heavy atom. The van der Waals surface area contributed by atoms with Crippen molar-refractivity contribution in [2.24, 2.45) is 7.05 Å². The average Bonchev–Trinajstić information content (AvgIpc) is 3.37. The maximum atomic E-state index is 12.8. The molecule has 1 aliphatic heterocycles. The zero-order valence-corrected chi connectivity index (χ0v) is 18.2. The van der Waals surface area contributed by atoms with Gasteiger partial charge in [-0.3, -0.25) is 14.2 Å². The van der Waals surface area contributed by atoms with Crippen molar-refractivity contribution in [3.63, 3.8) is 0 Å². The van der Waals surface area contributed by atoms with E-state index >= 15 is 0 Å². The molecule has 1 aliphatic rings. The lowest BCUT2D eigenvalue weighted by Gasteiger charge is -2.23. The Balaban J connectivity index is 1.57. The van der Waals surface area contributed by atoms with E-state index in [1.165, 1.54) is 15.9 Å². The summed E-state index contributed by atoms with van der Waals surface area (Å²) in [6, 6.07) is 9.73. The molecule has 0 spiro atoms. The van der Waals surface area contributed by atoms with E-state index in [1.54, 1.807) is 7.05 Å². The summed E-state index contributed by atoms with van der Waals surface area (Å²) >= 11 is 1.36. The zero-order chi connectivity index (χ0) is 21.3. The summed E-state index contributed by atoms with van der Waals surface area (Å²) in [5.41, 5.74) is 1.23. The van der Waals surface area contributed by atoms with E-state index in [0.29, 0.717) is 28.0 Å². The van der Waals surface area contributed by atoms with Crippen molar-refractivity contribution in [2.45, 2.75) is 45.3 Å². The molecule has 1 amide bonds. The molecule has 2 aromatic heterocycles. The van der Waals surface area contributed by atoms with Crippen LogP contribution in [0.25, 0.3) is 10.3 Å². The number of hydrogen-bond donors (Lipinski definition) is 2. The minimum Gasteiger partial charge on any atom is -0.353 e. The van der Waals surface area contributed by atoms with Gasteiger partial charge in [0.2, 0.25) is 11.9 Å². The summed E-state index contributed by atoms with van der Waals surface area (Å²) in [7, 11) is 1.69. The molecular weight excluding hydrogens is 400 g/mol. The summed E-state index contributed by atoms with van der Waals surface area (Å²) < 4.78 is 1.49. The van der Waals surface area contributed by atoms with Gasteiger partial charge in [0.1, 0.15) is 6.04 Å². The molecule has 1 unspecified atom stereocenters. The van der Waals surface area contributed by atoms with Crippen LogP contribution in [0.2, 0.25) is 0 Å². The molecule has 0 radical (unpaired) electrons. The molecule has 0 bridgehead atoms. The second-order valence-electron chi connectivity index (χ2n) is 7.80. The van der Waals surface area contributed by atoms with Crippen molar-refractivity contribution in [1.82, 2.24) is 19.9 Å². The van der Waals surface area contributed by atoms with E-state index in [4.69, 9.17) is 0 Å². The number of thiazole rings is 1. The van der Waals surface area contributed by atoms with Gasteiger partial charge < -0.3 is 15.5 Å². The van der Waals surface area contributed by atoms with E-state index in [2.05, 4.69) is 20.6 Å². The third-order valence-electron chi connectivity index (χ3n) is 5.16. The van der Waals surface area contributed by atoms with Gasteiger partial charge in [-0.15, -0.1) is 0 Å². The van der Waals surface area contributed by atoms with Crippen molar-refractivity contribution in [3.05, 3.63) is 46.2 Å². The Bertz CT molecular complexity index is 1110. The second-order valence-corrected chi connectivity index (χ2v) is 8.76. The van der Waals surface area contributed by atoms with E-state index in [0.717, 1.165) is 24.9 Å². The Kier molecular flexibility index (Phi) is 5.72. The lowest BCUT2D eigenvalue weighted by atomic mass is 10.2. The minimum atomic E-state index is -0.286. The maximum Gasteiger partial charge on any atom is 0.282 e. The summed E-state index contributed by atoms with van der Waals surface area (Å²) in [5, 5.41) is 6.90. The maximum absolute atomic E-state index is 12.8. The molecule has 1 aromatic carbocycles. The van der Waals surface area contributed by atoms with Crippen LogP contribution in [0.3, 0.4) is 0 Å². The monoisotopic (exact) mass is 426 g/mol. The number of nitrogens with zero attached hydrogens (tertiary/aromatic N) is 4. The third kappa shape index (κ3) is 4.02. The first-order valence-corrected chi connectivity index (χ1v) is 11.0. The fourth-order valence-corrected chi connectivity index (χ4v) is 4.63. The quantitative estimate of drug-likeness (QED) is 0.629. The topological polar surface area (TPSA) is 92.2 Å². The van der Waals surface area contributed by atoms with Gasteiger partial charge >= 0.3 is 0 Å². The molecule has 158 valence electrons. The molecule has 30 heavy (non-hydrogen) atoms. The predicted molar refractivity (Wildman–Crippen MR) is 120 cm³/mol. The number of carbonyl (C=O) groups is 1. The van der Waals surface area contributed by atoms with Gasteiger partial charge in [-0.1, -0.05) is 41.7 Å². The molecule has 0 saturated carbocycles. The first-order chi connectivity index (χ1) is 14.4. The van der Waals surface area contributed by atoms with E-state index < -0.39 is 0 Å². The van der Waals surface area contributed by atoms with Gasteiger partial charge in [0.15, 0.2) is 15.5 Å². The van der Waals surface area contributed by atoms with Crippen molar-refractivity contribution in [3.8, 4) is 0 Å². The highest BCUT2D eigenvalue weighted by Crippen LogP contribution is 2.32. The summed E-state index contributed by atoms with van der Waals surface area (Å²) in [4.78, 5) is 37.4. The Morgan fingerprint density at radius 1 is 1.27 bits per heavy atom. The van der Waals surface area contributed by atoms with Crippen LogP contribution in [-0.2, 0) is 18.4 Å². The molecule has 9 heteroatoms. The van der Waals surface area contributed by atoms with Crippen LogP contribution in [0.4, 0.5) is 11.1 Å². The summed E-state index contributed by atoms with van der Waals surface area (Å²) in [6.07, 6.45) is 1.67. The highest BCUT2D eigenvalue weighted by atomic mass is 32.1. The van der Waals surface area contributed by atoms with Crippen LogP contribution >= 0.6 is 11.3 Å². The fourth-order valence-electron chi connectivity index (χ4n) is 3.62. The van der Waals surface area contributed by atoms with E-state index in [1.807, 2.05) is 49.1 Å². The first-order valence-electron chi connectivity index (χ1n) is 10.2. The van der Waals surface area contributed by atoms with Gasteiger partial charge in [-0.25, -0.2) is 9.97 Å². The molecule has 0 aliphatic carbocycles. The normalized spacial score (nSPS) is 16.4. The SMILES string of the molecule is CC(C)Nc1nc2sc(N3CCCC3C(=O)NCc3ccccc3)nc2c(=O)n1C. The van der Waals surface area contributed by atoms with Crippen LogP contribution in [0.1, 0.15) is 32.3 Å². The molecule has 1 fully saturated rings. The van der Waals surface area contributed by atoms with Crippen molar-refractivity contribution >= 4 is 38.7 Å². The molecule has 1 atom stereocenters. The fraction of sp³-hybridized carbons (Fsp3) is 0.429. The largest absolute Gasteiger partial charge is 0.353 e. The van der Waals surface area contributed by atoms with Crippen LogP contribution < -0.4 is 21.1 Å². The molecular formula is C21H26N6O2S. The van der Waals surface area contributed by atoms with Crippen LogP contribution in [0.5, 0.6) is 0 Å². The summed E-state index contributed by atoms with van der Waals surface area (Å²) in [5.74, 6) is 0.509. The number of fused-ring (bicyclic) bond motifs is 1. The van der Waals surface area contributed by atoms with Crippen LogP contribution in [-0.4, -0.2) is 39.1 Å². The number of anilines is 2. The molecule has 4 rings (SSSR count). The Hall–Kier alpha value is -2.94. The number of aromatic nitrogens is 3. The average molecular weight is 427 g/mol. The van der Waals surface area contributed by atoms with Gasteiger partial charge in [0.05, 0.1) is 0 Å². The standard InChI is InChI=1S/C21H26N6O2S/c1-13(2)23-20-25-18-16(19(29)26(20)3)24-21(30-18)27-11-7-10-15(27)17(28)22-12-14-8-5-4-6-9-14/h4-6,8-9,13,15H,7,10-12H2,1-3H3,(H,22,28)(H,23,25). The van der Waals surface area contributed by atoms with Crippen LogP contribution in [0, 0.1) is 0 Å². The zero-order valence-electron chi connectivity index (χ0n) is 17.4. The van der Waals surface area contributed by atoms with E-state index in [-0.39, 0.29) is 23.6 Å². The van der Waals surface area contributed by atoms with Crippen molar-refractivity contribution in [2.75, 3.05) is 16.8 Å². The number of carbonyl (C=O) groups excluding carboxylic acids is 1. The highest BCUT2D eigenvalue weighted by molar-refractivity contribution is 7.21. The number of benzene rings is 1. The number of amides is 1. The van der Waals surface area contributed by atoms with E-state index in [9.17, 15) is 9.59 Å². The minimum absolute atomic E-state index is 0.0152. The van der Waals surface area contributed by atoms with Crippen molar-refractivity contribution < 1.29 is 4.79 Å². The number of hydrogen-bond acceptors (Lipinski definition) is 7. The summed E-state index contributed by atoms with van der Waals surface area (Å²) in [6.45, 7) is 5.23. The molecule has 1 saturated heterocycles. The molecule has 3 aromatic rings. The highest BCUT2D eigenvalue weighted by Gasteiger charge is 2.33. The first kappa shape index (κ1) is 20.3. The van der Waals surface area contributed by atoms with Crippen molar-refractivity contribution in [1.29, 1.82) is 0 Å². The predicted octanol–water partition coefficient (Wildman–Crippen LogP) is 2.50. The Morgan fingerprint density at radius 2 is 2.03 bits per heavy atom. The molecule has 2 N–H and O–H groups in total. The lowest BCUT2D eigenvalue weighted by molar-refractivity contribution is -0.122. The van der Waals surface area contributed by atoms with Gasteiger partial charge in [-0.2, -0.15) is 0 Å². The molecule has 3 heterocycles. The smallest absolute Gasteiger partial charge is 0.282 e. The van der Waals surface area contributed by atoms with Gasteiger partial charge in [0.25, 0.3) is 5.56 Å². The van der Waals surface area contributed by atoms with Crippen LogP contribution in [0.15, 0.2) is 35.1 Å². The number of rotatable bonds is 6. The number of nitrogens with one attached hydrogen (secondary N) is 2. The van der Waals surface area contributed by atoms with Gasteiger partial charge in [0, 0.05) is 26.2 Å². The van der Waals surface area contributed by atoms with Gasteiger partial charge in [-0.05, 0) is 32.3 Å².